The molecule has 0 fully saturated rings. The molecule has 0 spiro atoms. The number of aromatic nitrogens is 2. The van der Waals surface area contributed by atoms with Gasteiger partial charge >= 0.3 is 0 Å². The first-order valence-electron chi connectivity index (χ1n) is 9.37. The fourth-order valence-corrected chi connectivity index (χ4v) is 3.17. The number of carbonyl (C=O) groups excluding carboxylic acids is 1. The molecule has 156 valence electrons. The van der Waals surface area contributed by atoms with Gasteiger partial charge in [0.05, 0.1) is 10.7 Å². The predicted octanol–water partition coefficient (Wildman–Crippen LogP) is 4.63. The van der Waals surface area contributed by atoms with E-state index in [0.29, 0.717) is 22.8 Å². The number of anilines is 1. The maximum atomic E-state index is 13.3. The Morgan fingerprint density at radius 2 is 2.00 bits per heavy atom. The Bertz CT molecular complexity index is 1350. The van der Waals surface area contributed by atoms with Crippen molar-refractivity contribution < 1.29 is 13.9 Å². The quantitative estimate of drug-likeness (QED) is 0.494. The van der Waals surface area contributed by atoms with Crippen molar-refractivity contribution >= 4 is 28.8 Å². The van der Waals surface area contributed by atoms with E-state index in [4.69, 9.17) is 16.3 Å². The number of rotatable bonds is 5. The first kappa shape index (κ1) is 20.6. The average molecular weight is 438 g/mol. The molecule has 0 unspecified atom stereocenters. The minimum atomic E-state index is -0.592. The lowest BCUT2D eigenvalue weighted by Gasteiger charge is -2.10. The number of halogens is 2. The molecule has 0 saturated heterocycles. The van der Waals surface area contributed by atoms with Gasteiger partial charge in [0.1, 0.15) is 23.8 Å². The van der Waals surface area contributed by atoms with E-state index in [1.807, 2.05) is 19.1 Å². The molecule has 4 rings (SSSR count). The largest absolute Gasteiger partial charge is 0.487 e. The van der Waals surface area contributed by atoms with Crippen LogP contribution in [0.1, 0.15) is 21.6 Å². The number of hydrogen-bond donors (Lipinski definition) is 1. The second kappa shape index (κ2) is 8.57. The van der Waals surface area contributed by atoms with Crippen molar-refractivity contribution in [1.29, 1.82) is 0 Å². The number of ether oxygens (including phenoxy) is 1. The molecule has 8 heteroatoms. The maximum Gasteiger partial charge on any atom is 0.258 e. The van der Waals surface area contributed by atoms with Crippen LogP contribution < -0.4 is 15.6 Å². The van der Waals surface area contributed by atoms with Crippen molar-refractivity contribution in [3.05, 3.63) is 105 Å². The molecule has 0 aliphatic carbocycles. The number of carbonyl (C=O) groups is 1. The molecule has 0 aliphatic rings. The highest BCUT2D eigenvalue weighted by Crippen LogP contribution is 2.21. The molecular formula is C23H17ClFN3O3. The molecule has 0 atom stereocenters. The van der Waals surface area contributed by atoms with Crippen molar-refractivity contribution in [3.63, 3.8) is 0 Å². The minimum Gasteiger partial charge on any atom is -0.487 e. The van der Waals surface area contributed by atoms with Crippen molar-refractivity contribution in [2.45, 2.75) is 13.5 Å². The minimum absolute atomic E-state index is 0.0879. The van der Waals surface area contributed by atoms with E-state index in [-0.39, 0.29) is 22.8 Å². The highest BCUT2D eigenvalue weighted by molar-refractivity contribution is 6.31. The summed E-state index contributed by atoms with van der Waals surface area (Å²) in [4.78, 5) is 29.1. The number of fused-ring (bicyclic) bond motifs is 1. The monoisotopic (exact) mass is 437 g/mol. The van der Waals surface area contributed by atoms with Crippen LogP contribution >= 0.6 is 11.6 Å². The van der Waals surface area contributed by atoms with Gasteiger partial charge in [0.15, 0.2) is 0 Å². The summed E-state index contributed by atoms with van der Waals surface area (Å²) in [5.41, 5.74) is 2.56. The smallest absolute Gasteiger partial charge is 0.258 e. The molecule has 0 saturated carbocycles. The van der Waals surface area contributed by atoms with Gasteiger partial charge in [-0.15, -0.1) is 0 Å². The van der Waals surface area contributed by atoms with Gasteiger partial charge in [-0.05, 0) is 55.0 Å². The average Bonchev–Trinajstić information content (AvgIpc) is 2.74. The molecule has 2 heterocycles. The molecule has 0 bridgehead atoms. The molecule has 2 aromatic carbocycles. The number of aryl methyl sites for hydroxylation is 1. The Balaban J connectivity index is 1.47. The van der Waals surface area contributed by atoms with Gasteiger partial charge in [0.2, 0.25) is 0 Å². The van der Waals surface area contributed by atoms with Crippen LogP contribution in [0.25, 0.3) is 5.65 Å². The molecule has 0 aliphatic heterocycles. The highest BCUT2D eigenvalue weighted by Gasteiger charge is 2.10. The van der Waals surface area contributed by atoms with E-state index < -0.39 is 11.7 Å². The Kier molecular flexibility index (Phi) is 5.68. The fourth-order valence-electron chi connectivity index (χ4n) is 2.99. The fraction of sp³-hybridized carbons (Fsp3) is 0.0870. The molecule has 1 amide bonds. The van der Waals surface area contributed by atoms with E-state index in [1.165, 1.54) is 22.6 Å². The standard InChI is InChI=1S/C23H17ClFN3O3/c1-14-7-8-28-21(9-14)26-17(12-22(28)29)13-31-18-4-2-3-16(11-18)27-23(30)15-5-6-20(25)19(24)10-15/h2-12H,13H2,1H3,(H,27,30). The zero-order valence-corrected chi connectivity index (χ0v) is 17.2. The van der Waals surface area contributed by atoms with Gasteiger partial charge in [-0.2, -0.15) is 0 Å². The van der Waals surface area contributed by atoms with Crippen LogP contribution in [-0.2, 0) is 6.61 Å². The van der Waals surface area contributed by atoms with E-state index in [9.17, 15) is 14.0 Å². The lowest BCUT2D eigenvalue weighted by atomic mass is 10.2. The second-order valence-electron chi connectivity index (χ2n) is 6.92. The van der Waals surface area contributed by atoms with Gasteiger partial charge in [-0.1, -0.05) is 17.7 Å². The van der Waals surface area contributed by atoms with Crippen LogP contribution in [0.3, 0.4) is 0 Å². The van der Waals surface area contributed by atoms with E-state index >= 15 is 0 Å². The SMILES string of the molecule is Cc1ccn2c(=O)cc(COc3cccc(NC(=O)c4ccc(F)c(Cl)c4)c3)nc2c1. The normalized spacial score (nSPS) is 10.8. The zero-order chi connectivity index (χ0) is 22.0. The molecule has 2 aromatic heterocycles. The Morgan fingerprint density at radius 1 is 1.16 bits per heavy atom. The summed E-state index contributed by atoms with van der Waals surface area (Å²) in [6.07, 6.45) is 1.69. The third-order valence-electron chi connectivity index (χ3n) is 4.54. The number of benzene rings is 2. The van der Waals surface area contributed by atoms with Crippen LogP contribution in [0, 0.1) is 12.7 Å². The Morgan fingerprint density at radius 3 is 2.81 bits per heavy atom. The van der Waals surface area contributed by atoms with E-state index in [1.54, 1.807) is 30.5 Å². The van der Waals surface area contributed by atoms with Crippen molar-refractivity contribution in [2.75, 3.05) is 5.32 Å². The van der Waals surface area contributed by atoms with E-state index in [2.05, 4.69) is 10.3 Å². The van der Waals surface area contributed by atoms with Crippen LogP contribution in [-0.4, -0.2) is 15.3 Å². The number of pyridine rings is 1. The summed E-state index contributed by atoms with van der Waals surface area (Å²) in [5.74, 6) is -0.537. The van der Waals surface area contributed by atoms with Gasteiger partial charge in [-0.25, -0.2) is 9.37 Å². The lowest BCUT2D eigenvalue weighted by Crippen LogP contribution is -2.16. The molecule has 6 nitrogen and oxygen atoms in total. The van der Waals surface area contributed by atoms with Crippen LogP contribution in [0.15, 0.2) is 71.7 Å². The Labute approximate surface area is 181 Å². The predicted molar refractivity (Wildman–Crippen MR) is 116 cm³/mol. The van der Waals surface area contributed by atoms with E-state index in [0.717, 1.165) is 11.6 Å². The first-order chi connectivity index (χ1) is 14.9. The highest BCUT2D eigenvalue weighted by atomic mass is 35.5. The van der Waals surface area contributed by atoms with Gasteiger partial charge < -0.3 is 10.1 Å². The third kappa shape index (κ3) is 4.73. The number of hydrogen-bond acceptors (Lipinski definition) is 4. The topological polar surface area (TPSA) is 72.7 Å². The van der Waals surface area contributed by atoms with Gasteiger partial charge in [0, 0.05) is 29.6 Å². The molecule has 4 aromatic rings. The second-order valence-corrected chi connectivity index (χ2v) is 7.32. The maximum absolute atomic E-state index is 13.3. The first-order valence-corrected chi connectivity index (χ1v) is 9.75. The van der Waals surface area contributed by atoms with Crippen LogP contribution in [0.4, 0.5) is 10.1 Å². The third-order valence-corrected chi connectivity index (χ3v) is 4.83. The van der Waals surface area contributed by atoms with Crippen molar-refractivity contribution in [1.82, 2.24) is 9.38 Å². The van der Waals surface area contributed by atoms with Gasteiger partial charge in [0.25, 0.3) is 11.5 Å². The number of amides is 1. The molecule has 31 heavy (non-hydrogen) atoms. The van der Waals surface area contributed by atoms with Crippen LogP contribution in [0.5, 0.6) is 5.75 Å². The molecule has 1 N–H and O–H groups in total. The summed E-state index contributed by atoms with van der Waals surface area (Å²) in [6, 6.07) is 15.6. The van der Waals surface area contributed by atoms with Gasteiger partial charge in [-0.3, -0.25) is 14.0 Å². The molecular weight excluding hydrogens is 421 g/mol. The summed E-state index contributed by atoms with van der Waals surface area (Å²) in [5, 5.41) is 2.59. The number of nitrogens with one attached hydrogen (secondary N) is 1. The van der Waals surface area contributed by atoms with Crippen molar-refractivity contribution in [3.8, 4) is 5.75 Å². The Hall–Kier alpha value is -3.71. The summed E-state index contributed by atoms with van der Waals surface area (Å²) in [7, 11) is 0. The summed E-state index contributed by atoms with van der Waals surface area (Å²) < 4.78 is 20.5. The summed E-state index contributed by atoms with van der Waals surface area (Å²) >= 11 is 5.74. The zero-order valence-electron chi connectivity index (χ0n) is 16.4. The van der Waals surface area contributed by atoms with Crippen molar-refractivity contribution in [2.24, 2.45) is 0 Å². The number of nitrogens with zero attached hydrogens (tertiary/aromatic N) is 2. The molecule has 0 radical (unpaired) electrons. The summed E-state index contributed by atoms with van der Waals surface area (Å²) in [6.45, 7) is 2.01. The lowest BCUT2D eigenvalue weighted by molar-refractivity contribution is 0.102. The van der Waals surface area contributed by atoms with Crippen LogP contribution in [0.2, 0.25) is 5.02 Å².